The summed E-state index contributed by atoms with van der Waals surface area (Å²) < 4.78 is 9.16. The molecule has 0 spiro atoms. The summed E-state index contributed by atoms with van der Waals surface area (Å²) in [5.74, 6) is -0.599. The normalized spacial score (nSPS) is 7.33. The maximum absolute atomic E-state index is 10.4. The molecule has 0 heterocycles. The first-order valence-electron chi connectivity index (χ1n) is 3.97. The molecule has 0 N–H and O–H groups in total. The van der Waals surface area contributed by atoms with Crippen molar-refractivity contribution in [2.75, 3.05) is 6.61 Å². The molecular formula is C8H16O3Tl. The van der Waals surface area contributed by atoms with E-state index in [4.69, 9.17) is 0 Å². The van der Waals surface area contributed by atoms with E-state index >= 15 is 0 Å². The zero-order chi connectivity index (χ0) is 9.98. The minimum atomic E-state index is -0.440. The van der Waals surface area contributed by atoms with Crippen molar-refractivity contribution in [3.8, 4) is 0 Å². The van der Waals surface area contributed by atoms with E-state index in [1.54, 1.807) is 6.92 Å². The van der Waals surface area contributed by atoms with E-state index < -0.39 is 5.97 Å². The second-order valence-corrected chi connectivity index (χ2v) is 6.75. The third-order valence-corrected chi connectivity index (χ3v) is 0.699. The van der Waals surface area contributed by atoms with Crippen LogP contribution in [0.4, 0.5) is 0 Å². The molecule has 0 aliphatic heterocycles. The standard InChI is InChI=1S/C6H10O3.2CH3.Tl/c1-3-9-6(8)4-5(2)7;;;/h3-4H2,1-2H3;2*1H3;. The van der Waals surface area contributed by atoms with E-state index in [0.717, 1.165) is 0 Å². The fraction of sp³-hybridized carbons (Fsp3) is 0.750. The van der Waals surface area contributed by atoms with Crippen LogP contribution < -0.4 is 0 Å². The summed E-state index contributed by atoms with van der Waals surface area (Å²) in [5, 5.41) is 0. The van der Waals surface area contributed by atoms with Gasteiger partial charge in [-0.3, -0.25) is 9.59 Å². The molecule has 0 aliphatic rings. The van der Waals surface area contributed by atoms with Crippen molar-refractivity contribution in [3.63, 3.8) is 0 Å². The molecule has 0 saturated carbocycles. The fourth-order valence-electron chi connectivity index (χ4n) is 0.415. The van der Waals surface area contributed by atoms with Gasteiger partial charge in [-0.05, 0) is 13.8 Å². The van der Waals surface area contributed by atoms with Gasteiger partial charge in [-0.25, -0.2) is 0 Å². The number of ether oxygens (including phenoxy) is 1. The molecule has 0 atom stereocenters. The molecule has 0 unspecified atom stereocenters. The van der Waals surface area contributed by atoms with E-state index in [1.807, 2.05) is 0 Å². The number of hydrogen-bond donors (Lipinski definition) is 0. The van der Waals surface area contributed by atoms with Crippen LogP contribution in [0.15, 0.2) is 0 Å². The topological polar surface area (TPSA) is 43.4 Å². The molecule has 0 radical (unpaired) electrons. The molecule has 4 heteroatoms. The molecule has 0 aromatic carbocycles. The average molecular weight is 365 g/mol. The number of Topliss-reactive ketones (excluding diaryl/α,β-unsaturated/α-hetero) is 1. The summed E-state index contributed by atoms with van der Waals surface area (Å²) in [6, 6.07) is 0. The SMILES string of the molecule is CCOC(=O)CC(C)=O.[CH3][Tl][CH3]. The third-order valence-electron chi connectivity index (χ3n) is 0.699. The summed E-state index contributed by atoms with van der Waals surface area (Å²) in [6.45, 7) is 3.40. The van der Waals surface area contributed by atoms with Gasteiger partial charge < -0.3 is 4.74 Å². The molecule has 0 rings (SSSR count). The van der Waals surface area contributed by atoms with Gasteiger partial charge in [0.1, 0.15) is 12.2 Å². The van der Waals surface area contributed by atoms with Crippen LogP contribution in [-0.2, 0) is 14.3 Å². The minimum absolute atomic E-state index is 0.000000000000000111. The van der Waals surface area contributed by atoms with E-state index in [2.05, 4.69) is 13.7 Å². The Morgan fingerprint density at radius 2 is 1.75 bits per heavy atom. The van der Waals surface area contributed by atoms with Crippen molar-refractivity contribution >= 4 is 36.0 Å². The quantitative estimate of drug-likeness (QED) is 0.431. The van der Waals surface area contributed by atoms with Crippen molar-refractivity contribution in [3.05, 3.63) is 0 Å². The van der Waals surface area contributed by atoms with Gasteiger partial charge >= 0.3 is 39.2 Å². The zero-order valence-electron chi connectivity index (χ0n) is 8.22. The van der Waals surface area contributed by atoms with Crippen LogP contribution in [0.1, 0.15) is 20.3 Å². The van der Waals surface area contributed by atoms with Crippen LogP contribution in [0.5, 0.6) is 0 Å². The predicted octanol–water partition coefficient (Wildman–Crippen LogP) is 1.32. The average Bonchev–Trinajstić information content (AvgIpc) is 1.87. The molecule has 0 amide bonds. The summed E-state index contributed by atoms with van der Waals surface area (Å²) in [7, 11) is 0. The van der Waals surface area contributed by atoms with Crippen molar-refractivity contribution in [1.82, 2.24) is 0 Å². The molecule has 0 aromatic heterocycles. The fourth-order valence-corrected chi connectivity index (χ4v) is 0.415. The number of hydrogen-bond acceptors (Lipinski definition) is 3. The van der Waals surface area contributed by atoms with Crippen LogP contribution in [0.2, 0.25) is 8.97 Å². The van der Waals surface area contributed by atoms with Crippen LogP contribution in [-0.4, -0.2) is 42.6 Å². The Bertz CT molecular complexity index is 134. The molecule has 0 saturated heterocycles. The Kier molecular flexibility index (Phi) is 13.4. The van der Waals surface area contributed by atoms with Gasteiger partial charge in [-0.2, -0.15) is 0 Å². The van der Waals surface area contributed by atoms with Crippen LogP contribution >= 0.6 is 0 Å². The van der Waals surface area contributed by atoms with E-state index in [1.165, 1.54) is 6.92 Å². The molecule has 69 valence electrons. The monoisotopic (exact) mass is 365 g/mol. The Labute approximate surface area is 86.1 Å². The molecule has 0 fully saturated rings. The Hall–Kier alpha value is 0.0621. The Balaban J connectivity index is 0. The summed E-state index contributed by atoms with van der Waals surface area (Å²) in [6.07, 6.45) is -0.103. The zero-order valence-corrected chi connectivity index (χ0v) is 12.7. The molecule has 0 bridgehead atoms. The van der Waals surface area contributed by atoms with E-state index in [0.29, 0.717) is 6.61 Å². The summed E-state index contributed by atoms with van der Waals surface area (Å²) >= 11 is -0.000000000000000111. The molecule has 0 aromatic rings. The van der Waals surface area contributed by atoms with Gasteiger partial charge in [0.2, 0.25) is 0 Å². The number of esters is 1. The molecule has 12 heavy (non-hydrogen) atoms. The molecular weight excluding hydrogens is 348 g/mol. The second kappa shape index (κ2) is 11.1. The third kappa shape index (κ3) is 16.6. The van der Waals surface area contributed by atoms with Gasteiger partial charge in [0.05, 0.1) is 6.61 Å². The number of carbonyl (C=O) groups excluding carboxylic acids is 2. The van der Waals surface area contributed by atoms with E-state index in [-0.39, 0.29) is 36.4 Å². The first kappa shape index (κ1) is 14.6. The number of ketones is 1. The maximum atomic E-state index is 10.4. The van der Waals surface area contributed by atoms with Crippen LogP contribution in [0.3, 0.4) is 0 Å². The van der Waals surface area contributed by atoms with Gasteiger partial charge in [-0.1, -0.05) is 0 Å². The van der Waals surface area contributed by atoms with Crippen molar-refractivity contribution < 1.29 is 14.3 Å². The summed E-state index contributed by atoms with van der Waals surface area (Å²) in [5.41, 5.74) is 0. The first-order chi connectivity index (χ1) is 5.58. The number of carbonyl (C=O) groups is 2. The van der Waals surface area contributed by atoms with Gasteiger partial charge in [-0.15, -0.1) is 0 Å². The molecule has 0 aliphatic carbocycles. The van der Waals surface area contributed by atoms with Gasteiger partial charge in [0.15, 0.2) is 0 Å². The Morgan fingerprint density at radius 3 is 2.00 bits per heavy atom. The van der Waals surface area contributed by atoms with Crippen LogP contribution in [0.25, 0.3) is 0 Å². The number of rotatable bonds is 3. The van der Waals surface area contributed by atoms with Gasteiger partial charge in [0.25, 0.3) is 0 Å². The van der Waals surface area contributed by atoms with Crippen molar-refractivity contribution in [1.29, 1.82) is 0 Å². The Morgan fingerprint density at radius 1 is 1.33 bits per heavy atom. The summed E-state index contributed by atoms with van der Waals surface area (Å²) in [4.78, 5) is 20.6. The van der Waals surface area contributed by atoms with E-state index in [9.17, 15) is 9.59 Å². The predicted molar refractivity (Wildman–Crippen MR) is 49.4 cm³/mol. The van der Waals surface area contributed by atoms with Crippen molar-refractivity contribution in [2.45, 2.75) is 29.2 Å². The molecule has 3 nitrogen and oxygen atoms in total. The second-order valence-electron chi connectivity index (χ2n) is 2.26. The van der Waals surface area contributed by atoms with Crippen molar-refractivity contribution in [2.24, 2.45) is 0 Å². The van der Waals surface area contributed by atoms with Crippen LogP contribution in [0, 0.1) is 0 Å². The van der Waals surface area contributed by atoms with Gasteiger partial charge in [0, 0.05) is 0 Å². The first-order valence-corrected chi connectivity index (χ1v) is 12.9.